The first-order chi connectivity index (χ1) is 15.9. The van der Waals surface area contributed by atoms with Gasteiger partial charge in [-0.1, -0.05) is 0 Å². The third-order valence-electron chi connectivity index (χ3n) is 4.07. The van der Waals surface area contributed by atoms with Crippen molar-refractivity contribution in [3.8, 4) is 23.3 Å². The Bertz CT molecular complexity index is 1040. The van der Waals surface area contributed by atoms with Crippen molar-refractivity contribution in [3.05, 3.63) is 51.1 Å². The van der Waals surface area contributed by atoms with Crippen LogP contribution in [0, 0.1) is 14.9 Å². The van der Waals surface area contributed by atoms with Crippen LogP contribution in [0.25, 0.3) is 6.08 Å². The van der Waals surface area contributed by atoms with Crippen molar-refractivity contribution in [1.29, 1.82) is 5.26 Å². The van der Waals surface area contributed by atoms with E-state index in [-0.39, 0.29) is 18.8 Å². The molecule has 0 spiro atoms. The van der Waals surface area contributed by atoms with Gasteiger partial charge in [0.15, 0.2) is 18.1 Å². The molecule has 174 valence electrons. The molecule has 0 atom stereocenters. The zero-order chi connectivity index (χ0) is 24.2. The minimum Gasteiger partial charge on any atom is -0.494 e. The average molecular weight is 564 g/mol. The van der Waals surface area contributed by atoms with Crippen LogP contribution in [-0.2, 0) is 14.3 Å². The quantitative estimate of drug-likeness (QED) is 0.184. The van der Waals surface area contributed by atoms with Crippen molar-refractivity contribution in [1.82, 2.24) is 0 Å². The van der Waals surface area contributed by atoms with Crippen LogP contribution in [0.15, 0.2) is 42.0 Å². The Morgan fingerprint density at radius 1 is 1.03 bits per heavy atom. The van der Waals surface area contributed by atoms with Crippen LogP contribution in [0.2, 0.25) is 0 Å². The summed E-state index contributed by atoms with van der Waals surface area (Å²) in [5.74, 6) is 0.439. The van der Waals surface area contributed by atoms with E-state index in [0.29, 0.717) is 45.3 Å². The van der Waals surface area contributed by atoms with Crippen LogP contribution in [0.3, 0.4) is 0 Å². The zero-order valence-electron chi connectivity index (χ0n) is 18.6. The second-order valence-corrected chi connectivity index (χ2v) is 7.60. The predicted molar refractivity (Wildman–Crippen MR) is 132 cm³/mol. The number of esters is 1. The fraction of sp³-hybridized carbons (Fsp3) is 0.292. The number of halogens is 1. The number of nitrogens with one attached hydrogen (secondary N) is 1. The van der Waals surface area contributed by atoms with Gasteiger partial charge >= 0.3 is 5.97 Å². The van der Waals surface area contributed by atoms with Crippen LogP contribution >= 0.6 is 22.6 Å². The number of amides is 1. The summed E-state index contributed by atoms with van der Waals surface area (Å²) in [7, 11) is 0. The lowest BCUT2D eigenvalue weighted by Gasteiger charge is -2.14. The summed E-state index contributed by atoms with van der Waals surface area (Å²) >= 11 is 2.04. The first kappa shape index (κ1) is 26.0. The molecule has 1 N–H and O–H groups in total. The van der Waals surface area contributed by atoms with Crippen LogP contribution in [0.5, 0.6) is 17.2 Å². The van der Waals surface area contributed by atoms with Crippen LogP contribution < -0.4 is 19.5 Å². The summed E-state index contributed by atoms with van der Waals surface area (Å²) in [4.78, 5) is 24.3. The molecule has 0 aliphatic heterocycles. The van der Waals surface area contributed by atoms with Crippen molar-refractivity contribution in [3.63, 3.8) is 0 Å². The van der Waals surface area contributed by atoms with Crippen molar-refractivity contribution in [2.24, 2.45) is 0 Å². The van der Waals surface area contributed by atoms with Gasteiger partial charge in [0.25, 0.3) is 5.91 Å². The third-order valence-corrected chi connectivity index (χ3v) is 4.87. The summed E-state index contributed by atoms with van der Waals surface area (Å²) in [5, 5.41) is 12.2. The molecule has 0 fully saturated rings. The molecular formula is C24H25IN2O6. The molecule has 0 saturated heterocycles. The highest BCUT2D eigenvalue weighted by Gasteiger charge is 2.16. The van der Waals surface area contributed by atoms with E-state index >= 15 is 0 Å². The third kappa shape index (κ3) is 7.98. The predicted octanol–water partition coefficient (Wildman–Crippen LogP) is 4.58. The van der Waals surface area contributed by atoms with E-state index in [4.69, 9.17) is 18.9 Å². The highest BCUT2D eigenvalue weighted by Crippen LogP contribution is 2.35. The standard InChI is InChI=1S/C24H25IN2O6/c1-4-30-19-9-7-18(8-10-19)27-24(29)17(14-26)11-16-12-20(25)23(21(13-16)31-5-2)33-15-22(28)32-6-3/h7-13H,4-6,15H2,1-3H3,(H,27,29)/b17-11+. The summed E-state index contributed by atoms with van der Waals surface area (Å²) in [6, 6.07) is 12.2. The number of hydrogen-bond acceptors (Lipinski definition) is 7. The van der Waals surface area contributed by atoms with Gasteiger partial charge in [0.05, 0.1) is 23.4 Å². The highest BCUT2D eigenvalue weighted by molar-refractivity contribution is 14.1. The Balaban J connectivity index is 2.23. The van der Waals surface area contributed by atoms with E-state index in [2.05, 4.69) is 5.32 Å². The molecular weight excluding hydrogens is 539 g/mol. The van der Waals surface area contributed by atoms with E-state index in [1.807, 2.05) is 42.5 Å². The number of carbonyl (C=O) groups is 2. The van der Waals surface area contributed by atoms with Crippen molar-refractivity contribution < 1.29 is 28.5 Å². The molecule has 0 aromatic heterocycles. The molecule has 0 saturated carbocycles. The molecule has 1 amide bonds. The molecule has 2 aromatic rings. The smallest absolute Gasteiger partial charge is 0.344 e. The fourth-order valence-corrected chi connectivity index (χ4v) is 3.50. The van der Waals surface area contributed by atoms with Crippen molar-refractivity contribution >= 4 is 46.2 Å². The largest absolute Gasteiger partial charge is 0.494 e. The van der Waals surface area contributed by atoms with E-state index in [9.17, 15) is 14.9 Å². The van der Waals surface area contributed by atoms with E-state index in [1.54, 1.807) is 43.3 Å². The molecule has 0 aliphatic carbocycles. The summed E-state index contributed by atoms with van der Waals surface area (Å²) in [5.41, 5.74) is 1.03. The highest BCUT2D eigenvalue weighted by atomic mass is 127. The average Bonchev–Trinajstić information content (AvgIpc) is 2.78. The Hall–Kier alpha value is -3.26. The van der Waals surface area contributed by atoms with Crippen LogP contribution in [0.1, 0.15) is 26.3 Å². The molecule has 9 heteroatoms. The van der Waals surface area contributed by atoms with Crippen LogP contribution in [0.4, 0.5) is 5.69 Å². The monoisotopic (exact) mass is 564 g/mol. The van der Waals surface area contributed by atoms with Gasteiger partial charge in [-0.2, -0.15) is 5.26 Å². The number of ether oxygens (including phenoxy) is 4. The van der Waals surface area contributed by atoms with E-state index in [1.165, 1.54) is 6.08 Å². The van der Waals surface area contributed by atoms with Gasteiger partial charge in [0.1, 0.15) is 17.4 Å². The zero-order valence-corrected chi connectivity index (χ0v) is 20.8. The molecule has 2 rings (SSSR count). The summed E-state index contributed by atoms with van der Waals surface area (Å²) in [6.45, 7) is 6.33. The maximum absolute atomic E-state index is 12.6. The van der Waals surface area contributed by atoms with Gasteiger partial charge < -0.3 is 24.3 Å². The maximum Gasteiger partial charge on any atom is 0.344 e. The number of benzene rings is 2. The van der Waals surface area contributed by atoms with Gasteiger partial charge in [0.2, 0.25) is 0 Å². The first-order valence-corrected chi connectivity index (χ1v) is 11.4. The topological polar surface area (TPSA) is 107 Å². The van der Waals surface area contributed by atoms with Crippen molar-refractivity contribution in [2.75, 3.05) is 31.7 Å². The fourth-order valence-electron chi connectivity index (χ4n) is 2.72. The SMILES string of the molecule is CCOC(=O)COc1c(I)cc(/C=C(\C#N)C(=O)Nc2ccc(OCC)cc2)cc1OCC. The molecule has 2 aromatic carbocycles. The van der Waals surface area contributed by atoms with Gasteiger partial charge in [0, 0.05) is 5.69 Å². The molecule has 0 heterocycles. The number of nitriles is 1. The minimum absolute atomic E-state index is 0.0812. The lowest BCUT2D eigenvalue weighted by Crippen LogP contribution is -2.15. The summed E-state index contributed by atoms with van der Waals surface area (Å²) < 4.78 is 22.2. The second kappa shape index (κ2) is 13.3. The molecule has 0 aliphatic rings. The number of hydrogen-bond donors (Lipinski definition) is 1. The van der Waals surface area contributed by atoms with Gasteiger partial charge in [-0.25, -0.2) is 4.79 Å². The minimum atomic E-state index is -0.544. The van der Waals surface area contributed by atoms with E-state index < -0.39 is 11.9 Å². The molecule has 0 bridgehead atoms. The molecule has 0 radical (unpaired) electrons. The van der Waals surface area contributed by atoms with Gasteiger partial charge in [-0.05, 0) is 91.4 Å². The maximum atomic E-state index is 12.6. The van der Waals surface area contributed by atoms with Gasteiger partial charge in [-0.15, -0.1) is 0 Å². The van der Waals surface area contributed by atoms with Gasteiger partial charge in [-0.3, -0.25) is 4.79 Å². The van der Waals surface area contributed by atoms with Crippen molar-refractivity contribution in [2.45, 2.75) is 20.8 Å². The second-order valence-electron chi connectivity index (χ2n) is 6.44. The lowest BCUT2D eigenvalue weighted by atomic mass is 10.1. The molecule has 8 nitrogen and oxygen atoms in total. The molecule has 33 heavy (non-hydrogen) atoms. The number of anilines is 1. The number of rotatable bonds is 11. The summed E-state index contributed by atoms with van der Waals surface area (Å²) in [6.07, 6.45) is 1.46. The number of carbonyl (C=O) groups excluding carboxylic acids is 2. The van der Waals surface area contributed by atoms with Crippen LogP contribution in [-0.4, -0.2) is 38.3 Å². The normalized spacial score (nSPS) is 10.7. The number of nitrogens with zero attached hydrogens (tertiary/aromatic N) is 1. The Labute approximate surface area is 206 Å². The first-order valence-electron chi connectivity index (χ1n) is 10.3. The van der Waals surface area contributed by atoms with E-state index in [0.717, 1.165) is 0 Å². The Kier molecular flexibility index (Phi) is 10.5. The molecule has 0 unspecified atom stereocenters. The Morgan fingerprint density at radius 3 is 2.33 bits per heavy atom. The lowest BCUT2D eigenvalue weighted by molar-refractivity contribution is -0.145. The Morgan fingerprint density at radius 2 is 1.73 bits per heavy atom.